The highest BCUT2D eigenvalue weighted by Gasteiger charge is 1.94. The van der Waals surface area contributed by atoms with Crippen LogP contribution in [0.5, 0.6) is 0 Å². The topological polar surface area (TPSA) is 60.2 Å². The Bertz CT molecular complexity index is 317. The molecule has 0 amide bonds. The Labute approximate surface area is 78.9 Å². The average molecular weight is 208 g/mol. The average Bonchev–Trinajstić information content (AvgIpc) is 2.05. The lowest BCUT2D eigenvalue weighted by atomic mass is 10.2. The van der Waals surface area contributed by atoms with Crippen molar-refractivity contribution in [2.24, 2.45) is 5.73 Å². The minimum Gasteiger partial charge on any atom is -0.326 e. The van der Waals surface area contributed by atoms with Crippen LogP contribution in [-0.4, -0.2) is 8.42 Å². The van der Waals surface area contributed by atoms with Crippen molar-refractivity contribution in [2.45, 2.75) is 11.4 Å². The van der Waals surface area contributed by atoms with Gasteiger partial charge in [0.05, 0.1) is 4.90 Å². The summed E-state index contributed by atoms with van der Waals surface area (Å²) < 4.78 is 20.9. The van der Waals surface area contributed by atoms with E-state index >= 15 is 0 Å². The number of thiol groups is 1. The van der Waals surface area contributed by atoms with E-state index in [-0.39, 0.29) is 12.4 Å². The Morgan fingerprint density at radius 1 is 1.33 bits per heavy atom. The van der Waals surface area contributed by atoms with Crippen molar-refractivity contribution in [3.8, 4) is 0 Å². The summed E-state index contributed by atoms with van der Waals surface area (Å²) in [6.07, 6.45) is 0. The zero-order chi connectivity index (χ0) is 8.27. The number of rotatable bonds is 2. The lowest BCUT2D eigenvalue weighted by Gasteiger charge is -1.95. The Kier molecular flexibility index (Phi) is 4.89. The van der Waals surface area contributed by atoms with E-state index < -0.39 is 10.7 Å². The summed E-state index contributed by atoms with van der Waals surface area (Å²) in [6.45, 7) is 0.372. The SMILES string of the molecule is Cl.NCc1cccc([SH](=O)=O)c1. The molecule has 0 saturated carbocycles. The number of hydrogen-bond acceptors (Lipinski definition) is 3. The molecule has 0 spiro atoms. The van der Waals surface area contributed by atoms with E-state index in [0.717, 1.165) is 5.56 Å². The molecule has 0 aliphatic rings. The summed E-state index contributed by atoms with van der Waals surface area (Å²) in [7, 11) is -2.47. The van der Waals surface area contributed by atoms with Crippen molar-refractivity contribution < 1.29 is 8.42 Å². The number of halogens is 1. The second-order valence-corrected chi connectivity index (χ2v) is 3.16. The highest BCUT2D eigenvalue weighted by molar-refractivity contribution is 7.72. The minimum atomic E-state index is -2.47. The van der Waals surface area contributed by atoms with Crippen LogP contribution < -0.4 is 5.73 Å². The molecule has 0 aromatic heterocycles. The molecule has 1 aromatic carbocycles. The summed E-state index contributed by atoms with van der Waals surface area (Å²) in [5, 5.41) is 0. The molecule has 0 aliphatic heterocycles. The third-order valence-electron chi connectivity index (χ3n) is 1.36. The molecule has 5 heteroatoms. The first kappa shape index (κ1) is 11.4. The molecule has 0 atom stereocenters. The van der Waals surface area contributed by atoms with Gasteiger partial charge in [0.25, 0.3) is 0 Å². The van der Waals surface area contributed by atoms with Crippen LogP contribution in [-0.2, 0) is 17.2 Å². The molecule has 3 nitrogen and oxygen atoms in total. The predicted octanol–water partition coefficient (Wildman–Crippen LogP) is 0.537. The summed E-state index contributed by atoms with van der Waals surface area (Å²) in [6, 6.07) is 6.60. The fraction of sp³-hybridized carbons (Fsp3) is 0.143. The maximum absolute atomic E-state index is 10.5. The van der Waals surface area contributed by atoms with Gasteiger partial charge in [-0.25, -0.2) is 8.42 Å². The molecule has 0 heterocycles. The van der Waals surface area contributed by atoms with Crippen molar-refractivity contribution in [3.63, 3.8) is 0 Å². The van der Waals surface area contributed by atoms with Gasteiger partial charge in [-0.15, -0.1) is 12.4 Å². The normalized spacial score (nSPS) is 9.50. The van der Waals surface area contributed by atoms with E-state index in [1.807, 2.05) is 0 Å². The predicted molar refractivity (Wildman–Crippen MR) is 50.2 cm³/mol. The standard InChI is InChI=1S/C7H9NO2S.ClH/c8-5-6-2-1-3-7(4-6)11(9)10;/h1-4,11H,5,8H2;1H. The lowest BCUT2D eigenvalue weighted by Crippen LogP contribution is -1.96. The van der Waals surface area contributed by atoms with Gasteiger partial charge in [0, 0.05) is 6.54 Å². The monoisotopic (exact) mass is 207 g/mol. The second-order valence-electron chi connectivity index (χ2n) is 2.13. The maximum atomic E-state index is 10.5. The van der Waals surface area contributed by atoms with E-state index in [0.29, 0.717) is 11.4 Å². The Hall–Kier alpha value is -0.580. The third kappa shape index (κ3) is 2.81. The molecule has 0 bridgehead atoms. The molecule has 1 rings (SSSR count). The summed E-state index contributed by atoms with van der Waals surface area (Å²) in [5.74, 6) is 0. The summed E-state index contributed by atoms with van der Waals surface area (Å²) in [4.78, 5) is 0.322. The molecular formula is C7H10ClNO2S. The van der Waals surface area contributed by atoms with E-state index in [9.17, 15) is 8.42 Å². The first-order chi connectivity index (χ1) is 5.24. The fourth-order valence-corrected chi connectivity index (χ4v) is 1.28. The largest absolute Gasteiger partial charge is 0.326 e. The number of hydrogen-bond donors (Lipinski definition) is 2. The van der Waals surface area contributed by atoms with Crippen LogP contribution in [0.2, 0.25) is 0 Å². The van der Waals surface area contributed by atoms with Crippen LogP contribution in [0.4, 0.5) is 0 Å². The zero-order valence-electron chi connectivity index (χ0n) is 6.27. The highest BCUT2D eigenvalue weighted by Crippen LogP contribution is 2.04. The van der Waals surface area contributed by atoms with Crippen LogP contribution >= 0.6 is 12.4 Å². The molecule has 68 valence electrons. The van der Waals surface area contributed by atoms with E-state index in [1.54, 1.807) is 24.3 Å². The van der Waals surface area contributed by atoms with Crippen molar-refractivity contribution in [1.29, 1.82) is 0 Å². The second kappa shape index (κ2) is 5.13. The fourth-order valence-electron chi connectivity index (χ4n) is 0.797. The molecule has 0 radical (unpaired) electrons. The van der Waals surface area contributed by atoms with E-state index in [1.165, 1.54) is 0 Å². The number of nitrogens with two attached hydrogens (primary N) is 1. The van der Waals surface area contributed by atoms with Gasteiger partial charge < -0.3 is 5.73 Å². The van der Waals surface area contributed by atoms with Crippen LogP contribution in [0.15, 0.2) is 29.2 Å². The van der Waals surface area contributed by atoms with Gasteiger partial charge in [0.2, 0.25) is 0 Å². The molecule has 0 unspecified atom stereocenters. The molecule has 1 aromatic rings. The van der Waals surface area contributed by atoms with Crippen LogP contribution in [0.3, 0.4) is 0 Å². The smallest absolute Gasteiger partial charge is 0.168 e. The van der Waals surface area contributed by atoms with Crippen molar-refractivity contribution in [2.75, 3.05) is 0 Å². The molecule has 0 aliphatic carbocycles. The van der Waals surface area contributed by atoms with Gasteiger partial charge in [-0.3, -0.25) is 0 Å². The van der Waals surface area contributed by atoms with Crippen molar-refractivity contribution >= 4 is 23.1 Å². The van der Waals surface area contributed by atoms with Crippen LogP contribution in [0, 0.1) is 0 Å². The summed E-state index contributed by atoms with van der Waals surface area (Å²) >= 11 is 0. The van der Waals surface area contributed by atoms with Gasteiger partial charge >= 0.3 is 0 Å². The van der Waals surface area contributed by atoms with E-state index in [2.05, 4.69) is 0 Å². The van der Waals surface area contributed by atoms with Gasteiger partial charge in [-0.05, 0) is 17.7 Å². The minimum absolute atomic E-state index is 0. The Morgan fingerprint density at radius 3 is 2.50 bits per heavy atom. The van der Waals surface area contributed by atoms with Gasteiger partial charge in [-0.1, -0.05) is 12.1 Å². The quantitative estimate of drug-likeness (QED) is 0.696. The first-order valence-corrected chi connectivity index (χ1v) is 4.35. The van der Waals surface area contributed by atoms with Gasteiger partial charge in [-0.2, -0.15) is 0 Å². The van der Waals surface area contributed by atoms with Crippen molar-refractivity contribution in [1.82, 2.24) is 0 Å². The molecule has 0 fully saturated rings. The van der Waals surface area contributed by atoms with Gasteiger partial charge in [0.15, 0.2) is 10.7 Å². The Morgan fingerprint density at radius 2 is 2.00 bits per heavy atom. The molecule has 0 saturated heterocycles. The number of benzene rings is 1. The van der Waals surface area contributed by atoms with Crippen molar-refractivity contribution in [3.05, 3.63) is 29.8 Å². The zero-order valence-corrected chi connectivity index (χ0v) is 7.98. The maximum Gasteiger partial charge on any atom is 0.168 e. The van der Waals surface area contributed by atoms with Crippen LogP contribution in [0.1, 0.15) is 5.56 Å². The lowest BCUT2D eigenvalue weighted by molar-refractivity contribution is 0.614. The molecule has 2 N–H and O–H groups in total. The Balaban J connectivity index is 0.00000121. The first-order valence-electron chi connectivity index (χ1n) is 3.17. The van der Waals surface area contributed by atoms with E-state index in [4.69, 9.17) is 5.73 Å². The molecule has 12 heavy (non-hydrogen) atoms. The van der Waals surface area contributed by atoms with Gasteiger partial charge in [0.1, 0.15) is 0 Å². The highest BCUT2D eigenvalue weighted by atomic mass is 35.5. The third-order valence-corrected chi connectivity index (χ3v) is 2.06. The van der Waals surface area contributed by atoms with Crippen LogP contribution in [0.25, 0.3) is 0 Å². The summed E-state index contributed by atoms with van der Waals surface area (Å²) in [5.41, 5.74) is 6.16. The molecular weight excluding hydrogens is 198 g/mol.